The molecule has 0 spiro atoms. The third-order valence-electron chi connectivity index (χ3n) is 5.15. The summed E-state index contributed by atoms with van der Waals surface area (Å²) in [5.74, 6) is -1.30. The van der Waals surface area contributed by atoms with Crippen LogP contribution in [0.15, 0.2) is 54.6 Å². The molecule has 0 saturated carbocycles. The minimum absolute atomic E-state index is 0.0495. The molecule has 4 amide bonds. The highest BCUT2D eigenvalue weighted by Crippen LogP contribution is 2.33. The second-order valence-electron chi connectivity index (χ2n) is 7.18. The number of halogens is 1. The molecule has 152 valence electrons. The summed E-state index contributed by atoms with van der Waals surface area (Å²) in [4.78, 5) is 40.7. The summed E-state index contributed by atoms with van der Waals surface area (Å²) < 4.78 is 13.8. The van der Waals surface area contributed by atoms with E-state index in [0.29, 0.717) is 24.0 Å². The third-order valence-corrected chi connectivity index (χ3v) is 5.15. The summed E-state index contributed by atoms with van der Waals surface area (Å²) in [5.41, 5.74) is -0.114. The van der Waals surface area contributed by atoms with Gasteiger partial charge < -0.3 is 10.2 Å². The molecule has 1 fully saturated rings. The van der Waals surface area contributed by atoms with Gasteiger partial charge in [0.1, 0.15) is 17.9 Å². The lowest BCUT2D eigenvalue weighted by Gasteiger charge is -2.27. The van der Waals surface area contributed by atoms with E-state index in [9.17, 15) is 18.8 Å². The van der Waals surface area contributed by atoms with Crippen molar-refractivity contribution in [1.29, 1.82) is 0 Å². The zero-order valence-corrected chi connectivity index (χ0v) is 16.5. The van der Waals surface area contributed by atoms with Crippen LogP contribution >= 0.6 is 0 Å². The van der Waals surface area contributed by atoms with Crippen molar-refractivity contribution in [3.63, 3.8) is 0 Å². The summed E-state index contributed by atoms with van der Waals surface area (Å²) in [7, 11) is 1.52. The lowest BCUT2D eigenvalue weighted by molar-refractivity contribution is -0.139. The van der Waals surface area contributed by atoms with Crippen LogP contribution in [0, 0.1) is 5.82 Å². The number of rotatable bonds is 7. The molecule has 0 bridgehead atoms. The molecule has 1 N–H and O–H groups in total. The number of hydrogen-bond donors (Lipinski definition) is 1. The number of amides is 4. The van der Waals surface area contributed by atoms with Gasteiger partial charge in [-0.15, -0.1) is 0 Å². The van der Waals surface area contributed by atoms with Crippen LogP contribution in [0.25, 0.3) is 0 Å². The van der Waals surface area contributed by atoms with Crippen LogP contribution in [-0.4, -0.2) is 41.2 Å². The predicted molar refractivity (Wildman–Crippen MR) is 106 cm³/mol. The largest absolute Gasteiger partial charge is 0.340 e. The van der Waals surface area contributed by atoms with Crippen molar-refractivity contribution in [2.45, 2.75) is 31.8 Å². The molecule has 1 atom stereocenters. The number of imide groups is 1. The van der Waals surface area contributed by atoms with Crippen molar-refractivity contribution in [1.82, 2.24) is 15.1 Å². The normalized spacial score (nSPS) is 18.7. The summed E-state index contributed by atoms with van der Waals surface area (Å²) >= 11 is 0. The van der Waals surface area contributed by atoms with Crippen LogP contribution in [0.2, 0.25) is 0 Å². The molecule has 6 nitrogen and oxygen atoms in total. The van der Waals surface area contributed by atoms with Gasteiger partial charge in [0.15, 0.2) is 0 Å². The van der Waals surface area contributed by atoms with Gasteiger partial charge in [0.2, 0.25) is 5.91 Å². The summed E-state index contributed by atoms with van der Waals surface area (Å²) in [6.07, 6.45) is 1.10. The van der Waals surface area contributed by atoms with E-state index < -0.39 is 35.7 Å². The van der Waals surface area contributed by atoms with Gasteiger partial charge in [-0.1, -0.05) is 61.9 Å². The summed E-state index contributed by atoms with van der Waals surface area (Å²) in [6, 6.07) is 14.6. The molecule has 0 radical (unpaired) electrons. The highest BCUT2D eigenvalue weighted by molar-refractivity contribution is 6.09. The fourth-order valence-electron chi connectivity index (χ4n) is 3.60. The van der Waals surface area contributed by atoms with Gasteiger partial charge in [0.05, 0.1) is 0 Å². The van der Waals surface area contributed by atoms with Crippen LogP contribution in [0.3, 0.4) is 0 Å². The van der Waals surface area contributed by atoms with Gasteiger partial charge in [-0.3, -0.25) is 14.5 Å². The Kier molecular flexibility index (Phi) is 5.96. The van der Waals surface area contributed by atoms with E-state index in [1.165, 1.54) is 18.0 Å². The Hall–Kier alpha value is -3.22. The second-order valence-corrected chi connectivity index (χ2v) is 7.18. The van der Waals surface area contributed by atoms with Gasteiger partial charge in [-0.25, -0.2) is 9.18 Å². The third kappa shape index (κ3) is 3.99. The maximum atomic E-state index is 13.8. The fourth-order valence-corrected chi connectivity index (χ4v) is 3.60. The van der Waals surface area contributed by atoms with Crippen LogP contribution in [0.1, 0.15) is 30.9 Å². The average molecular weight is 397 g/mol. The van der Waals surface area contributed by atoms with Crippen molar-refractivity contribution < 1.29 is 18.8 Å². The first-order chi connectivity index (χ1) is 13.9. The molecule has 7 heteroatoms. The Morgan fingerprint density at radius 2 is 1.76 bits per heavy atom. The lowest BCUT2D eigenvalue weighted by atomic mass is 9.85. The summed E-state index contributed by atoms with van der Waals surface area (Å²) in [6.45, 7) is 1.59. The van der Waals surface area contributed by atoms with Gasteiger partial charge in [0, 0.05) is 19.2 Å². The van der Waals surface area contributed by atoms with Crippen molar-refractivity contribution in [2.75, 3.05) is 13.6 Å². The summed E-state index contributed by atoms with van der Waals surface area (Å²) in [5, 5.41) is 2.79. The molecule has 0 aliphatic carbocycles. The standard InChI is InChI=1S/C22H24FN3O3/c1-3-13-22(17-10-5-4-6-11-17)20(28)26(21(29)24-22)15-19(27)25(2)14-16-9-7-8-12-18(16)23/h4-12H,3,13-15H2,1-2H3,(H,24,29)/t22-/m1/s1. The highest BCUT2D eigenvalue weighted by atomic mass is 19.1. The highest BCUT2D eigenvalue weighted by Gasteiger charge is 2.52. The molecular weight excluding hydrogens is 373 g/mol. The topological polar surface area (TPSA) is 69.7 Å². The maximum absolute atomic E-state index is 13.8. The molecule has 29 heavy (non-hydrogen) atoms. The van der Waals surface area contributed by atoms with E-state index in [4.69, 9.17) is 0 Å². The number of nitrogens with one attached hydrogen (secondary N) is 1. The number of carbonyl (C=O) groups is 3. The number of nitrogens with zero attached hydrogens (tertiary/aromatic N) is 2. The fraction of sp³-hybridized carbons (Fsp3) is 0.318. The van der Waals surface area contributed by atoms with E-state index >= 15 is 0 Å². The first kappa shape index (κ1) is 20.5. The van der Waals surface area contributed by atoms with E-state index in [0.717, 1.165) is 4.90 Å². The SMILES string of the molecule is CCC[C@]1(c2ccccc2)NC(=O)N(CC(=O)N(C)Cc2ccccc2F)C1=O. The molecule has 1 aliphatic heterocycles. The molecule has 0 aromatic heterocycles. The molecule has 1 heterocycles. The van der Waals surface area contributed by atoms with Crippen molar-refractivity contribution in [3.05, 3.63) is 71.5 Å². The Labute approximate surface area is 169 Å². The first-order valence-corrected chi connectivity index (χ1v) is 9.56. The van der Waals surface area contributed by atoms with E-state index in [1.54, 1.807) is 30.3 Å². The second kappa shape index (κ2) is 8.43. The number of carbonyl (C=O) groups excluding carboxylic acids is 3. The van der Waals surface area contributed by atoms with Crippen LogP contribution in [0.4, 0.5) is 9.18 Å². The van der Waals surface area contributed by atoms with E-state index in [2.05, 4.69) is 5.32 Å². The van der Waals surface area contributed by atoms with Gasteiger partial charge in [-0.05, 0) is 18.1 Å². The number of likely N-dealkylation sites (N-methyl/N-ethyl adjacent to an activating group) is 1. The van der Waals surface area contributed by atoms with Crippen molar-refractivity contribution >= 4 is 17.8 Å². The Morgan fingerprint density at radius 3 is 2.41 bits per heavy atom. The predicted octanol–water partition coefficient (Wildman–Crippen LogP) is 3.03. The molecule has 1 aliphatic rings. The van der Waals surface area contributed by atoms with Gasteiger partial charge in [-0.2, -0.15) is 0 Å². The van der Waals surface area contributed by atoms with E-state index in [1.807, 2.05) is 25.1 Å². The van der Waals surface area contributed by atoms with E-state index in [-0.39, 0.29) is 6.54 Å². The van der Waals surface area contributed by atoms with Crippen LogP contribution in [0.5, 0.6) is 0 Å². The minimum Gasteiger partial charge on any atom is -0.340 e. The van der Waals surface area contributed by atoms with Crippen LogP contribution in [-0.2, 0) is 21.7 Å². The Morgan fingerprint density at radius 1 is 1.10 bits per heavy atom. The van der Waals surface area contributed by atoms with Gasteiger partial charge >= 0.3 is 6.03 Å². The Bertz CT molecular complexity index is 919. The number of hydrogen-bond acceptors (Lipinski definition) is 3. The smallest absolute Gasteiger partial charge is 0.325 e. The van der Waals surface area contributed by atoms with Crippen molar-refractivity contribution in [3.8, 4) is 0 Å². The van der Waals surface area contributed by atoms with Gasteiger partial charge in [0.25, 0.3) is 5.91 Å². The number of benzene rings is 2. The van der Waals surface area contributed by atoms with Crippen LogP contribution < -0.4 is 5.32 Å². The quantitative estimate of drug-likeness (QED) is 0.730. The molecule has 2 aromatic rings. The molecule has 0 unspecified atom stereocenters. The molecule has 2 aromatic carbocycles. The zero-order chi connectivity index (χ0) is 21.0. The lowest BCUT2D eigenvalue weighted by Crippen LogP contribution is -2.45. The Balaban J connectivity index is 1.77. The minimum atomic E-state index is -1.17. The maximum Gasteiger partial charge on any atom is 0.325 e. The average Bonchev–Trinajstić information content (AvgIpc) is 2.95. The number of urea groups is 1. The first-order valence-electron chi connectivity index (χ1n) is 9.56. The van der Waals surface area contributed by atoms with Crippen molar-refractivity contribution in [2.24, 2.45) is 0 Å². The monoisotopic (exact) mass is 397 g/mol. The molecule has 1 saturated heterocycles. The molecule has 3 rings (SSSR count). The molecular formula is C22H24FN3O3. The zero-order valence-electron chi connectivity index (χ0n) is 16.5.